The van der Waals surface area contributed by atoms with E-state index in [1.165, 1.54) is 6.33 Å². The maximum Gasteiger partial charge on any atom is 0.231 e. The summed E-state index contributed by atoms with van der Waals surface area (Å²) in [4.78, 5) is 20.2. The average molecular weight is 498 g/mol. The van der Waals surface area contributed by atoms with Gasteiger partial charge in [-0.1, -0.05) is 11.8 Å². The molecule has 0 amide bonds. The molecule has 0 fully saturated rings. The van der Waals surface area contributed by atoms with Crippen LogP contribution < -0.4 is 20.5 Å². The molecule has 34 heavy (non-hydrogen) atoms. The summed E-state index contributed by atoms with van der Waals surface area (Å²) < 4.78 is 13.4. The number of nitrogens with zero attached hydrogens (tertiary/aromatic N) is 5. The van der Waals surface area contributed by atoms with Crippen molar-refractivity contribution in [1.82, 2.24) is 29.8 Å². The van der Waals surface area contributed by atoms with E-state index in [1.807, 2.05) is 25.3 Å². The molecule has 0 unspecified atom stereocenters. The Hall–Kier alpha value is -2.89. The molecule has 0 saturated carbocycles. The number of nitrogens with two attached hydrogens (primary N) is 1. The molecule has 0 atom stereocenters. The Morgan fingerprint density at radius 2 is 1.97 bits per heavy atom. The quantitative estimate of drug-likeness (QED) is 0.356. The fraction of sp³-hybridized carbons (Fsp3) is 0.391. The number of benzene rings is 1. The van der Waals surface area contributed by atoms with Gasteiger partial charge in [-0.05, 0) is 52.8 Å². The molecule has 9 nitrogen and oxygen atoms in total. The molecule has 3 aromatic heterocycles. The fourth-order valence-electron chi connectivity index (χ4n) is 3.67. The van der Waals surface area contributed by atoms with Crippen molar-refractivity contribution in [3.05, 3.63) is 29.5 Å². The SMILES string of the molecule is Cc1cnc(-c2cc3c(cc2Sc2nc4c(N)ncnc4n2CCCNC(C)(C)C)OCO3)s1. The predicted octanol–water partition coefficient (Wildman–Crippen LogP) is 4.50. The number of aromatic nitrogens is 5. The van der Waals surface area contributed by atoms with Gasteiger partial charge in [-0.15, -0.1) is 11.3 Å². The third kappa shape index (κ3) is 4.68. The Morgan fingerprint density at radius 1 is 1.18 bits per heavy atom. The summed E-state index contributed by atoms with van der Waals surface area (Å²) >= 11 is 3.19. The molecule has 0 saturated heterocycles. The standard InChI is InChI=1S/C23H27N7O2S2/c1-13-10-25-21(33-13)14-8-15-16(32-12-31-15)9-17(14)34-22-29-18-19(24)26-11-27-20(18)30(22)7-5-6-28-23(2,3)4/h8-11,28H,5-7,12H2,1-4H3,(H2,24,26,27). The van der Waals surface area contributed by atoms with Gasteiger partial charge in [0.15, 0.2) is 33.6 Å². The van der Waals surface area contributed by atoms with Crippen molar-refractivity contribution in [1.29, 1.82) is 0 Å². The fourth-order valence-corrected chi connectivity index (χ4v) is 5.58. The van der Waals surface area contributed by atoms with Crippen LogP contribution in [0.1, 0.15) is 32.1 Å². The van der Waals surface area contributed by atoms with Crippen LogP contribution in [0.15, 0.2) is 34.7 Å². The van der Waals surface area contributed by atoms with Gasteiger partial charge in [0.1, 0.15) is 11.3 Å². The average Bonchev–Trinajstić information content (AvgIpc) is 3.49. The molecule has 1 aromatic carbocycles. The van der Waals surface area contributed by atoms with Gasteiger partial charge >= 0.3 is 0 Å². The first kappa shape index (κ1) is 22.9. The van der Waals surface area contributed by atoms with Crippen molar-refractivity contribution >= 4 is 40.1 Å². The van der Waals surface area contributed by atoms with Gasteiger partial charge < -0.3 is 25.1 Å². The first-order valence-corrected chi connectivity index (χ1v) is 12.7. The molecule has 0 bridgehead atoms. The number of hydrogen-bond acceptors (Lipinski definition) is 10. The Morgan fingerprint density at radius 3 is 2.71 bits per heavy atom. The maximum absolute atomic E-state index is 6.15. The lowest BCUT2D eigenvalue weighted by Gasteiger charge is -2.20. The number of aryl methyl sites for hydroxylation is 2. The Labute approximate surface area is 206 Å². The number of ether oxygens (including phenoxy) is 2. The zero-order valence-electron chi connectivity index (χ0n) is 19.6. The summed E-state index contributed by atoms with van der Waals surface area (Å²) in [6, 6.07) is 4.00. The highest BCUT2D eigenvalue weighted by atomic mass is 32.2. The molecule has 4 aromatic rings. The van der Waals surface area contributed by atoms with Crippen LogP contribution in [-0.2, 0) is 6.54 Å². The van der Waals surface area contributed by atoms with Crippen molar-refractivity contribution < 1.29 is 9.47 Å². The van der Waals surface area contributed by atoms with Crippen LogP contribution in [0.2, 0.25) is 0 Å². The Balaban J connectivity index is 1.53. The van der Waals surface area contributed by atoms with Crippen LogP contribution >= 0.6 is 23.1 Å². The molecule has 3 N–H and O–H groups in total. The van der Waals surface area contributed by atoms with Crippen LogP contribution in [0.4, 0.5) is 5.82 Å². The molecule has 178 valence electrons. The van der Waals surface area contributed by atoms with Crippen molar-refractivity contribution in [2.75, 3.05) is 19.1 Å². The van der Waals surface area contributed by atoms with E-state index < -0.39 is 0 Å². The number of rotatable bonds is 7. The highest BCUT2D eigenvalue weighted by Crippen LogP contribution is 2.45. The highest BCUT2D eigenvalue weighted by molar-refractivity contribution is 7.99. The van der Waals surface area contributed by atoms with Gasteiger partial charge in [-0.2, -0.15) is 0 Å². The number of nitrogen functional groups attached to an aromatic ring is 1. The van der Waals surface area contributed by atoms with E-state index in [0.717, 1.165) is 62.2 Å². The smallest absolute Gasteiger partial charge is 0.231 e. The van der Waals surface area contributed by atoms with Gasteiger partial charge in [-0.3, -0.25) is 0 Å². The lowest BCUT2D eigenvalue weighted by molar-refractivity contribution is 0.174. The van der Waals surface area contributed by atoms with Crippen LogP contribution in [0, 0.1) is 6.92 Å². The second-order valence-electron chi connectivity index (χ2n) is 9.09. The minimum atomic E-state index is 0.0639. The number of thiazole rings is 1. The van der Waals surface area contributed by atoms with E-state index >= 15 is 0 Å². The zero-order valence-corrected chi connectivity index (χ0v) is 21.2. The summed E-state index contributed by atoms with van der Waals surface area (Å²) in [6.45, 7) is 10.4. The summed E-state index contributed by atoms with van der Waals surface area (Å²) in [5.41, 5.74) is 8.54. The number of fused-ring (bicyclic) bond motifs is 2. The minimum Gasteiger partial charge on any atom is -0.454 e. The molecule has 1 aliphatic rings. The molecule has 0 spiro atoms. The van der Waals surface area contributed by atoms with E-state index in [1.54, 1.807) is 23.1 Å². The Kier molecular flexibility index (Phi) is 6.09. The molecule has 11 heteroatoms. The van der Waals surface area contributed by atoms with E-state index in [0.29, 0.717) is 11.3 Å². The molecule has 0 aliphatic carbocycles. The summed E-state index contributed by atoms with van der Waals surface area (Å²) in [5.74, 6) is 1.82. The van der Waals surface area contributed by atoms with Crippen LogP contribution in [0.3, 0.4) is 0 Å². The van der Waals surface area contributed by atoms with Crippen LogP contribution in [-0.4, -0.2) is 43.4 Å². The normalized spacial score (nSPS) is 13.2. The second kappa shape index (κ2) is 9.05. The molecular formula is C23H27N7O2S2. The van der Waals surface area contributed by atoms with Gasteiger partial charge in [0.05, 0.1) is 0 Å². The van der Waals surface area contributed by atoms with Crippen molar-refractivity contribution in [3.8, 4) is 22.1 Å². The monoisotopic (exact) mass is 497 g/mol. The third-order valence-electron chi connectivity index (χ3n) is 5.27. The predicted molar refractivity (Wildman–Crippen MR) is 135 cm³/mol. The molecule has 1 aliphatic heterocycles. The van der Waals surface area contributed by atoms with Gasteiger partial charge in [0.2, 0.25) is 6.79 Å². The number of hydrogen-bond donors (Lipinski definition) is 2. The highest BCUT2D eigenvalue weighted by Gasteiger charge is 2.23. The first-order chi connectivity index (χ1) is 16.3. The summed E-state index contributed by atoms with van der Waals surface area (Å²) in [7, 11) is 0. The lowest BCUT2D eigenvalue weighted by atomic mass is 10.1. The van der Waals surface area contributed by atoms with E-state index in [-0.39, 0.29) is 12.3 Å². The molecule has 0 radical (unpaired) electrons. The van der Waals surface area contributed by atoms with Crippen LogP contribution in [0.5, 0.6) is 11.5 Å². The minimum absolute atomic E-state index is 0.0639. The van der Waals surface area contributed by atoms with E-state index in [4.69, 9.17) is 20.2 Å². The van der Waals surface area contributed by atoms with Crippen molar-refractivity contribution in [2.45, 2.75) is 56.3 Å². The molecular weight excluding hydrogens is 470 g/mol. The summed E-state index contributed by atoms with van der Waals surface area (Å²) in [6.07, 6.45) is 4.29. The Bertz CT molecular complexity index is 1340. The van der Waals surface area contributed by atoms with Crippen LogP contribution in [0.25, 0.3) is 21.7 Å². The van der Waals surface area contributed by atoms with Gasteiger partial charge in [0.25, 0.3) is 0 Å². The first-order valence-electron chi connectivity index (χ1n) is 11.0. The van der Waals surface area contributed by atoms with E-state index in [9.17, 15) is 0 Å². The van der Waals surface area contributed by atoms with Gasteiger partial charge in [0, 0.05) is 33.6 Å². The number of nitrogens with one attached hydrogen (secondary N) is 1. The summed E-state index contributed by atoms with van der Waals surface area (Å²) in [5, 5.41) is 5.26. The number of imidazole rings is 1. The second-order valence-corrected chi connectivity index (χ2v) is 11.3. The van der Waals surface area contributed by atoms with Crippen molar-refractivity contribution in [2.24, 2.45) is 0 Å². The third-order valence-corrected chi connectivity index (χ3v) is 7.26. The maximum atomic E-state index is 6.15. The number of anilines is 1. The van der Waals surface area contributed by atoms with Gasteiger partial charge in [-0.25, -0.2) is 19.9 Å². The largest absolute Gasteiger partial charge is 0.454 e. The van der Waals surface area contributed by atoms with E-state index in [2.05, 4.69) is 45.6 Å². The zero-order chi connectivity index (χ0) is 23.9. The lowest BCUT2D eigenvalue weighted by Crippen LogP contribution is -2.36. The topological polar surface area (TPSA) is 113 Å². The molecule has 4 heterocycles. The van der Waals surface area contributed by atoms with Crippen molar-refractivity contribution in [3.63, 3.8) is 0 Å². The molecule has 5 rings (SSSR count).